The molecule has 13 heavy (non-hydrogen) atoms. The van der Waals surface area contributed by atoms with Gasteiger partial charge in [-0.1, -0.05) is 17.0 Å². The molecular formula is C10H8N2O. The lowest BCUT2D eigenvalue weighted by atomic mass is 10.2. The summed E-state index contributed by atoms with van der Waals surface area (Å²) in [5, 5.41) is 5.02. The van der Waals surface area contributed by atoms with E-state index in [2.05, 4.69) is 11.0 Å². The highest BCUT2D eigenvalue weighted by Crippen LogP contribution is 2.15. The van der Waals surface area contributed by atoms with Crippen LogP contribution in [0.1, 0.15) is 5.69 Å². The van der Waals surface area contributed by atoms with Crippen LogP contribution < -0.4 is 4.84 Å². The van der Waals surface area contributed by atoms with Crippen LogP contribution in [0.5, 0.6) is 0 Å². The van der Waals surface area contributed by atoms with Crippen molar-refractivity contribution in [2.24, 2.45) is 0 Å². The maximum Gasteiger partial charge on any atom is 0.146 e. The Labute approximate surface area is 75.9 Å². The van der Waals surface area contributed by atoms with Gasteiger partial charge in [-0.2, -0.15) is 0 Å². The number of nitrogens with zero attached hydrogens (tertiary/aromatic N) is 2. The van der Waals surface area contributed by atoms with Crippen LogP contribution in [0.2, 0.25) is 0 Å². The van der Waals surface area contributed by atoms with Gasteiger partial charge < -0.3 is 4.84 Å². The molecule has 0 unspecified atom stereocenters. The maximum atomic E-state index is 5.30. The van der Waals surface area contributed by atoms with E-state index in [0.717, 1.165) is 10.9 Å². The number of aromatic nitrogens is 2. The molecule has 0 aliphatic heterocycles. The fourth-order valence-electron chi connectivity index (χ4n) is 1.29. The van der Waals surface area contributed by atoms with Crippen LogP contribution in [-0.4, -0.2) is 17.1 Å². The van der Waals surface area contributed by atoms with Crippen molar-refractivity contribution in [1.29, 1.82) is 0 Å². The number of hydrogen-bond donors (Lipinski definition) is 0. The summed E-state index contributed by atoms with van der Waals surface area (Å²) in [5.74, 6) is 2.51. The molecule has 1 heterocycles. The molecule has 0 saturated carbocycles. The first-order valence-corrected chi connectivity index (χ1v) is 3.85. The van der Waals surface area contributed by atoms with Crippen LogP contribution in [0, 0.1) is 12.3 Å². The van der Waals surface area contributed by atoms with E-state index < -0.39 is 0 Å². The zero-order valence-corrected chi connectivity index (χ0v) is 7.19. The van der Waals surface area contributed by atoms with Gasteiger partial charge in [0, 0.05) is 5.39 Å². The van der Waals surface area contributed by atoms with E-state index in [1.807, 2.05) is 24.3 Å². The molecule has 2 aromatic rings. The minimum absolute atomic E-state index is 0.609. The molecule has 0 amide bonds. The van der Waals surface area contributed by atoms with Gasteiger partial charge in [0.15, 0.2) is 0 Å². The highest BCUT2D eigenvalue weighted by molar-refractivity contribution is 5.84. The molecular weight excluding hydrogens is 164 g/mol. The molecule has 0 saturated heterocycles. The molecule has 0 atom stereocenters. The largest absolute Gasteiger partial charge is 0.399 e. The van der Waals surface area contributed by atoms with Crippen molar-refractivity contribution in [3.05, 3.63) is 30.0 Å². The van der Waals surface area contributed by atoms with Crippen molar-refractivity contribution in [2.75, 3.05) is 7.11 Å². The summed E-state index contributed by atoms with van der Waals surface area (Å²) in [6.07, 6.45) is 5.30. The zero-order chi connectivity index (χ0) is 9.26. The van der Waals surface area contributed by atoms with Crippen molar-refractivity contribution in [3.63, 3.8) is 0 Å². The molecule has 1 aromatic carbocycles. The summed E-state index contributed by atoms with van der Waals surface area (Å²) in [6.45, 7) is 0. The normalized spacial score (nSPS) is 9.85. The number of benzene rings is 1. The summed E-state index contributed by atoms with van der Waals surface area (Å²) in [4.78, 5) is 6.44. The van der Waals surface area contributed by atoms with Gasteiger partial charge >= 0.3 is 0 Å². The van der Waals surface area contributed by atoms with Crippen LogP contribution in [0.4, 0.5) is 0 Å². The minimum Gasteiger partial charge on any atom is -0.399 e. The Morgan fingerprint density at radius 2 is 2.23 bits per heavy atom. The molecule has 64 valence electrons. The molecule has 0 N–H and O–H groups in total. The number of rotatable bonds is 1. The quantitative estimate of drug-likeness (QED) is 0.602. The van der Waals surface area contributed by atoms with E-state index in [4.69, 9.17) is 11.3 Å². The minimum atomic E-state index is 0.609. The average Bonchev–Trinajstić information content (AvgIpc) is 2.56. The monoisotopic (exact) mass is 172 g/mol. The van der Waals surface area contributed by atoms with Gasteiger partial charge in [0.05, 0.1) is 0 Å². The predicted octanol–water partition coefficient (Wildman–Crippen LogP) is 1.08. The molecule has 0 spiro atoms. The lowest BCUT2D eigenvalue weighted by Crippen LogP contribution is -2.06. The standard InChI is InChI=1S/C10H8N2O/c1-3-9-8-6-4-5-7-10(8)12(11-9)13-2/h1,4-7H,2H3. The third-order valence-electron chi connectivity index (χ3n) is 1.87. The Bertz CT molecular complexity index is 479. The summed E-state index contributed by atoms with van der Waals surface area (Å²) < 4.78 is 0. The zero-order valence-electron chi connectivity index (χ0n) is 7.19. The molecule has 2 rings (SSSR count). The average molecular weight is 172 g/mol. The lowest BCUT2D eigenvalue weighted by Gasteiger charge is -1.97. The van der Waals surface area contributed by atoms with Crippen molar-refractivity contribution in [3.8, 4) is 12.3 Å². The van der Waals surface area contributed by atoms with Gasteiger partial charge in [0.1, 0.15) is 18.3 Å². The molecule has 0 aliphatic carbocycles. The smallest absolute Gasteiger partial charge is 0.146 e. The van der Waals surface area contributed by atoms with E-state index >= 15 is 0 Å². The van der Waals surface area contributed by atoms with Crippen LogP contribution in [0.25, 0.3) is 10.9 Å². The van der Waals surface area contributed by atoms with Crippen LogP contribution in [0.3, 0.4) is 0 Å². The Morgan fingerprint density at radius 3 is 2.92 bits per heavy atom. The molecule has 3 nitrogen and oxygen atoms in total. The molecule has 0 bridgehead atoms. The van der Waals surface area contributed by atoms with Crippen LogP contribution >= 0.6 is 0 Å². The fraction of sp³-hybridized carbons (Fsp3) is 0.100. The van der Waals surface area contributed by atoms with E-state index in [1.54, 1.807) is 7.11 Å². The van der Waals surface area contributed by atoms with Crippen molar-refractivity contribution in [1.82, 2.24) is 9.94 Å². The molecule has 0 aliphatic rings. The van der Waals surface area contributed by atoms with Gasteiger partial charge in [-0.05, 0) is 18.1 Å². The lowest BCUT2D eigenvalue weighted by molar-refractivity contribution is 0.145. The van der Waals surface area contributed by atoms with Gasteiger partial charge in [-0.25, -0.2) is 0 Å². The van der Waals surface area contributed by atoms with Gasteiger partial charge in [0.25, 0.3) is 0 Å². The third-order valence-corrected chi connectivity index (χ3v) is 1.87. The summed E-state index contributed by atoms with van der Waals surface area (Å²) in [6, 6.07) is 7.67. The molecule has 3 heteroatoms. The summed E-state index contributed by atoms with van der Waals surface area (Å²) in [5.41, 5.74) is 1.50. The first-order chi connectivity index (χ1) is 6.36. The van der Waals surface area contributed by atoms with E-state index in [-0.39, 0.29) is 0 Å². The molecule has 0 fully saturated rings. The third kappa shape index (κ3) is 1.04. The Balaban J connectivity index is 2.84. The summed E-state index contributed by atoms with van der Waals surface area (Å²) >= 11 is 0. The van der Waals surface area contributed by atoms with Crippen molar-refractivity contribution < 1.29 is 4.84 Å². The Hall–Kier alpha value is -1.95. The van der Waals surface area contributed by atoms with E-state index in [1.165, 1.54) is 4.85 Å². The Kier molecular flexibility index (Phi) is 1.67. The number of para-hydroxylation sites is 1. The SMILES string of the molecule is C#Cc1nn(OC)c2ccccc12. The fourth-order valence-corrected chi connectivity index (χ4v) is 1.29. The Morgan fingerprint density at radius 1 is 1.46 bits per heavy atom. The van der Waals surface area contributed by atoms with Gasteiger partial charge in [-0.15, -0.1) is 11.5 Å². The first-order valence-electron chi connectivity index (χ1n) is 3.85. The maximum absolute atomic E-state index is 5.30. The molecule has 1 aromatic heterocycles. The second-order valence-electron chi connectivity index (χ2n) is 2.57. The van der Waals surface area contributed by atoms with Crippen molar-refractivity contribution >= 4 is 10.9 Å². The van der Waals surface area contributed by atoms with Crippen molar-refractivity contribution in [2.45, 2.75) is 0 Å². The first kappa shape index (κ1) is 7.69. The van der Waals surface area contributed by atoms with Crippen LogP contribution in [0.15, 0.2) is 24.3 Å². The highest BCUT2D eigenvalue weighted by Gasteiger charge is 2.06. The molecule has 0 radical (unpaired) electrons. The second-order valence-corrected chi connectivity index (χ2v) is 2.57. The van der Waals surface area contributed by atoms with Crippen LogP contribution in [-0.2, 0) is 0 Å². The van der Waals surface area contributed by atoms with E-state index in [0.29, 0.717) is 5.69 Å². The second kappa shape index (κ2) is 2.83. The topological polar surface area (TPSA) is 27.1 Å². The number of fused-ring (bicyclic) bond motifs is 1. The van der Waals surface area contributed by atoms with Gasteiger partial charge in [-0.3, -0.25) is 0 Å². The number of hydrogen-bond acceptors (Lipinski definition) is 2. The van der Waals surface area contributed by atoms with Gasteiger partial charge in [0.2, 0.25) is 0 Å². The highest BCUT2D eigenvalue weighted by atomic mass is 16.7. The predicted molar refractivity (Wildman–Crippen MR) is 50.2 cm³/mol. The van der Waals surface area contributed by atoms with E-state index in [9.17, 15) is 0 Å². The summed E-state index contributed by atoms with van der Waals surface area (Å²) in [7, 11) is 1.56. The number of terminal acetylenes is 1.